The first-order chi connectivity index (χ1) is 15.1. The van der Waals surface area contributed by atoms with Gasteiger partial charge in [-0.2, -0.15) is 0 Å². The van der Waals surface area contributed by atoms with Crippen LogP contribution in [0.1, 0.15) is 47.0 Å². The molecular weight excluding hydrogens is 448 g/mol. The minimum Gasteiger partial charge on any atom is -0.348 e. The summed E-state index contributed by atoms with van der Waals surface area (Å²) in [7, 11) is 0. The van der Waals surface area contributed by atoms with Gasteiger partial charge in [-0.1, -0.05) is 17.7 Å². The first kappa shape index (κ1) is 21.7. The molecule has 1 amide bonds. The number of thiophene rings is 1. The number of aromatic nitrogens is 1. The monoisotopic (exact) mass is 470 g/mol. The number of pyridine rings is 1. The normalized spacial score (nSPS) is 18.2. The maximum absolute atomic E-state index is 12.3. The molecule has 5 nitrogen and oxygen atoms in total. The molecule has 1 fully saturated rings. The van der Waals surface area contributed by atoms with E-state index in [-0.39, 0.29) is 11.9 Å². The van der Waals surface area contributed by atoms with Crippen LogP contribution in [-0.4, -0.2) is 22.0 Å². The smallest absolute Gasteiger partial charge is 0.270 e. The summed E-state index contributed by atoms with van der Waals surface area (Å²) in [6.07, 6.45) is 5.70. The van der Waals surface area contributed by atoms with Gasteiger partial charge >= 0.3 is 0 Å². The Morgan fingerprint density at radius 2 is 1.77 bits per heavy atom. The van der Waals surface area contributed by atoms with E-state index in [2.05, 4.69) is 32.4 Å². The number of nitrogens with one attached hydrogen (secondary N) is 3. The van der Waals surface area contributed by atoms with Gasteiger partial charge in [0.15, 0.2) is 5.11 Å². The van der Waals surface area contributed by atoms with Crippen LogP contribution in [0, 0.1) is 0 Å². The highest BCUT2D eigenvalue weighted by Gasteiger charge is 2.25. The highest BCUT2D eigenvalue weighted by molar-refractivity contribution is 7.80. The van der Waals surface area contributed by atoms with Crippen molar-refractivity contribution in [1.29, 1.82) is 0 Å². The van der Waals surface area contributed by atoms with Gasteiger partial charge in [0.1, 0.15) is 5.69 Å². The lowest BCUT2D eigenvalue weighted by Crippen LogP contribution is -2.37. The molecule has 0 aliphatic heterocycles. The SMILES string of the molecule is O=C(NC1CCC(c2cc(NC(=S)Nc3ccc(Cl)cc3)cs2)CC1)c1ccccn1. The highest BCUT2D eigenvalue weighted by Crippen LogP contribution is 2.37. The predicted octanol–water partition coefficient (Wildman–Crippen LogP) is 6.06. The van der Waals surface area contributed by atoms with Crippen LogP contribution in [0.5, 0.6) is 0 Å². The van der Waals surface area contributed by atoms with Gasteiger partial charge in [0.2, 0.25) is 0 Å². The number of anilines is 2. The zero-order valence-electron chi connectivity index (χ0n) is 16.8. The number of carbonyl (C=O) groups is 1. The lowest BCUT2D eigenvalue weighted by atomic mass is 9.85. The summed E-state index contributed by atoms with van der Waals surface area (Å²) in [5.41, 5.74) is 2.36. The Morgan fingerprint density at radius 1 is 1.03 bits per heavy atom. The molecule has 160 valence electrons. The average molecular weight is 471 g/mol. The van der Waals surface area contributed by atoms with Crippen molar-refractivity contribution in [3.8, 4) is 0 Å². The Labute approximate surface area is 196 Å². The zero-order chi connectivity index (χ0) is 21.6. The largest absolute Gasteiger partial charge is 0.348 e. The van der Waals surface area contributed by atoms with Gasteiger partial charge in [-0.05, 0) is 86.3 Å². The molecule has 2 aromatic heterocycles. The molecule has 4 rings (SSSR count). The third-order valence-corrected chi connectivity index (χ3v) is 6.89. The Balaban J connectivity index is 1.25. The lowest BCUT2D eigenvalue weighted by Gasteiger charge is -2.28. The van der Waals surface area contributed by atoms with Gasteiger partial charge in [0.25, 0.3) is 5.91 Å². The maximum atomic E-state index is 12.3. The van der Waals surface area contributed by atoms with E-state index in [9.17, 15) is 4.79 Å². The molecule has 0 saturated heterocycles. The van der Waals surface area contributed by atoms with Crippen molar-refractivity contribution in [2.24, 2.45) is 0 Å². The van der Waals surface area contributed by atoms with E-state index in [1.54, 1.807) is 23.6 Å². The number of hydrogen-bond donors (Lipinski definition) is 3. The fourth-order valence-electron chi connectivity index (χ4n) is 3.74. The van der Waals surface area contributed by atoms with Crippen LogP contribution in [0.25, 0.3) is 0 Å². The van der Waals surface area contributed by atoms with Crippen LogP contribution in [0.4, 0.5) is 11.4 Å². The van der Waals surface area contributed by atoms with Crippen LogP contribution < -0.4 is 16.0 Å². The summed E-state index contributed by atoms with van der Waals surface area (Å²) < 4.78 is 0. The molecule has 0 unspecified atom stereocenters. The molecule has 1 aliphatic rings. The van der Waals surface area contributed by atoms with E-state index in [4.69, 9.17) is 23.8 Å². The third kappa shape index (κ3) is 6.03. The van der Waals surface area contributed by atoms with Gasteiger partial charge in [0.05, 0.1) is 5.69 Å². The Kier molecular flexibility index (Phi) is 7.17. The third-order valence-electron chi connectivity index (χ3n) is 5.34. The molecule has 3 N–H and O–H groups in total. The van der Waals surface area contributed by atoms with E-state index in [1.165, 1.54) is 4.88 Å². The van der Waals surface area contributed by atoms with Crippen molar-refractivity contribution < 1.29 is 4.79 Å². The molecule has 2 heterocycles. The molecule has 1 aromatic carbocycles. The topological polar surface area (TPSA) is 66.1 Å². The summed E-state index contributed by atoms with van der Waals surface area (Å²) in [4.78, 5) is 17.8. The Hall–Kier alpha value is -2.48. The second kappa shape index (κ2) is 10.2. The number of amides is 1. The number of thiocarbonyl (C=S) groups is 1. The van der Waals surface area contributed by atoms with Gasteiger partial charge in [-0.25, -0.2) is 0 Å². The van der Waals surface area contributed by atoms with Crippen LogP contribution in [0.15, 0.2) is 60.1 Å². The summed E-state index contributed by atoms with van der Waals surface area (Å²) in [5.74, 6) is 0.426. The van der Waals surface area contributed by atoms with E-state index < -0.39 is 0 Å². The minimum atomic E-state index is -0.0895. The van der Waals surface area contributed by atoms with Gasteiger partial charge in [-0.15, -0.1) is 11.3 Å². The summed E-state index contributed by atoms with van der Waals surface area (Å²) >= 11 is 13.1. The average Bonchev–Trinajstić information content (AvgIpc) is 3.25. The molecule has 0 spiro atoms. The number of nitrogens with zero attached hydrogens (tertiary/aromatic N) is 1. The van der Waals surface area contributed by atoms with Gasteiger partial charge < -0.3 is 16.0 Å². The quantitative estimate of drug-likeness (QED) is 0.395. The van der Waals surface area contributed by atoms with Crippen LogP contribution in [-0.2, 0) is 0 Å². The van der Waals surface area contributed by atoms with Crippen molar-refractivity contribution in [2.75, 3.05) is 10.6 Å². The number of hydrogen-bond acceptors (Lipinski definition) is 4. The standard InChI is InChI=1S/C23H23ClN4OS2/c24-16-6-10-18(11-7-16)27-23(30)28-19-13-21(31-14-19)15-4-8-17(9-5-15)26-22(29)20-3-1-2-12-25-20/h1-3,6-7,10-15,17H,4-5,8-9H2,(H,26,29)(H2,27,28,30). The second-order valence-electron chi connectivity index (χ2n) is 7.56. The molecule has 1 aliphatic carbocycles. The highest BCUT2D eigenvalue weighted by atomic mass is 35.5. The van der Waals surface area contributed by atoms with Crippen molar-refractivity contribution in [3.05, 3.63) is 75.7 Å². The molecule has 0 bridgehead atoms. The fourth-order valence-corrected chi connectivity index (χ4v) is 5.11. The van der Waals surface area contributed by atoms with Crippen molar-refractivity contribution in [3.63, 3.8) is 0 Å². The molecule has 0 radical (unpaired) electrons. The lowest BCUT2D eigenvalue weighted by molar-refractivity contribution is 0.0921. The second-order valence-corrected chi connectivity index (χ2v) is 9.35. The predicted molar refractivity (Wildman–Crippen MR) is 132 cm³/mol. The Morgan fingerprint density at radius 3 is 2.48 bits per heavy atom. The van der Waals surface area contributed by atoms with Crippen molar-refractivity contribution in [2.45, 2.75) is 37.6 Å². The number of halogens is 1. The molecule has 3 aromatic rings. The number of carbonyl (C=O) groups excluding carboxylic acids is 1. The summed E-state index contributed by atoms with van der Waals surface area (Å²) in [6, 6.07) is 15.2. The number of rotatable bonds is 5. The number of benzene rings is 1. The van der Waals surface area contributed by atoms with Gasteiger partial charge in [-0.3, -0.25) is 9.78 Å². The zero-order valence-corrected chi connectivity index (χ0v) is 19.2. The van der Waals surface area contributed by atoms with Crippen LogP contribution in [0.3, 0.4) is 0 Å². The molecule has 0 atom stereocenters. The maximum Gasteiger partial charge on any atom is 0.270 e. The molecular formula is C23H23ClN4OS2. The molecule has 8 heteroatoms. The van der Waals surface area contributed by atoms with Crippen molar-refractivity contribution >= 4 is 57.5 Å². The fraction of sp³-hybridized carbons (Fsp3) is 0.261. The van der Waals surface area contributed by atoms with E-state index >= 15 is 0 Å². The first-order valence-electron chi connectivity index (χ1n) is 10.2. The van der Waals surface area contributed by atoms with Crippen LogP contribution >= 0.6 is 35.2 Å². The molecule has 31 heavy (non-hydrogen) atoms. The van der Waals surface area contributed by atoms with E-state index in [1.807, 2.05) is 36.4 Å². The summed E-state index contributed by atoms with van der Waals surface area (Å²) in [6.45, 7) is 0. The van der Waals surface area contributed by atoms with Crippen LogP contribution in [0.2, 0.25) is 5.02 Å². The van der Waals surface area contributed by atoms with E-state index in [0.29, 0.717) is 21.7 Å². The van der Waals surface area contributed by atoms with Crippen molar-refractivity contribution in [1.82, 2.24) is 10.3 Å². The first-order valence-corrected chi connectivity index (χ1v) is 11.9. The Bertz CT molecular complexity index is 1030. The summed E-state index contributed by atoms with van der Waals surface area (Å²) in [5, 5.41) is 12.9. The van der Waals surface area contributed by atoms with E-state index in [0.717, 1.165) is 37.1 Å². The minimum absolute atomic E-state index is 0.0895. The molecule has 1 saturated carbocycles. The van der Waals surface area contributed by atoms with Gasteiger partial charge in [0, 0.05) is 33.2 Å².